The van der Waals surface area contributed by atoms with Gasteiger partial charge in [-0.2, -0.15) is 0 Å². The van der Waals surface area contributed by atoms with Gasteiger partial charge in [0.2, 0.25) is 6.41 Å². The number of rotatable bonds is 2. The minimum absolute atomic E-state index is 0.0512. The predicted octanol–water partition coefficient (Wildman–Crippen LogP) is 0.923. The van der Waals surface area contributed by atoms with Gasteiger partial charge in [-0.05, 0) is 30.5 Å². The molecule has 2 unspecified atom stereocenters. The van der Waals surface area contributed by atoms with Crippen molar-refractivity contribution in [2.24, 2.45) is 0 Å². The van der Waals surface area contributed by atoms with Gasteiger partial charge in [0.15, 0.2) is 0 Å². The fourth-order valence-corrected chi connectivity index (χ4v) is 2.18. The number of nitrogens with two attached hydrogens (primary N) is 1. The molecule has 4 heteroatoms. The van der Waals surface area contributed by atoms with Crippen molar-refractivity contribution >= 4 is 12.1 Å². The van der Waals surface area contributed by atoms with E-state index in [1.807, 2.05) is 24.3 Å². The first-order valence-corrected chi connectivity index (χ1v) is 5.45. The molecule has 1 heterocycles. The molecule has 0 aliphatic carbocycles. The summed E-state index contributed by atoms with van der Waals surface area (Å²) < 4.78 is 0. The Morgan fingerprint density at radius 2 is 2.31 bits per heavy atom. The number of nitrogens with zero attached hydrogens (tertiary/aromatic N) is 1. The summed E-state index contributed by atoms with van der Waals surface area (Å²) in [7, 11) is 0. The van der Waals surface area contributed by atoms with Gasteiger partial charge in [0.1, 0.15) is 0 Å². The number of benzene rings is 1. The molecule has 0 radical (unpaired) electrons. The highest BCUT2D eigenvalue weighted by atomic mass is 16.3. The second kappa shape index (κ2) is 4.53. The van der Waals surface area contributed by atoms with Gasteiger partial charge in [-0.1, -0.05) is 12.1 Å². The minimum atomic E-state index is -0.331. The van der Waals surface area contributed by atoms with Crippen LogP contribution in [0.25, 0.3) is 0 Å². The van der Waals surface area contributed by atoms with Crippen molar-refractivity contribution in [2.75, 3.05) is 12.3 Å². The molecule has 1 amide bonds. The topological polar surface area (TPSA) is 66.6 Å². The van der Waals surface area contributed by atoms with Gasteiger partial charge in [0, 0.05) is 12.2 Å². The van der Waals surface area contributed by atoms with Crippen molar-refractivity contribution < 1.29 is 9.90 Å². The maximum Gasteiger partial charge on any atom is 0.210 e. The van der Waals surface area contributed by atoms with Crippen LogP contribution in [-0.4, -0.2) is 29.1 Å². The third-order valence-electron chi connectivity index (χ3n) is 3.05. The van der Waals surface area contributed by atoms with Gasteiger partial charge in [0.25, 0.3) is 0 Å². The van der Waals surface area contributed by atoms with Crippen LogP contribution >= 0.6 is 0 Å². The van der Waals surface area contributed by atoms with Gasteiger partial charge in [0.05, 0.1) is 12.1 Å². The largest absolute Gasteiger partial charge is 0.399 e. The number of piperidine rings is 1. The molecule has 3 N–H and O–H groups in total. The van der Waals surface area contributed by atoms with Gasteiger partial charge in [-0.15, -0.1) is 0 Å². The zero-order valence-corrected chi connectivity index (χ0v) is 9.04. The second-order valence-electron chi connectivity index (χ2n) is 4.21. The molecule has 2 atom stereocenters. The molecule has 2 rings (SSSR count). The Kier molecular flexibility index (Phi) is 3.10. The summed E-state index contributed by atoms with van der Waals surface area (Å²) >= 11 is 0. The number of nitrogen functional groups attached to an aromatic ring is 1. The molecule has 0 bridgehead atoms. The van der Waals surface area contributed by atoms with Crippen LogP contribution in [0.3, 0.4) is 0 Å². The van der Waals surface area contributed by atoms with Crippen LogP contribution in [0.1, 0.15) is 24.4 Å². The van der Waals surface area contributed by atoms with Crippen LogP contribution in [0.15, 0.2) is 24.3 Å². The highest BCUT2D eigenvalue weighted by molar-refractivity contribution is 5.50. The third-order valence-corrected chi connectivity index (χ3v) is 3.05. The number of carbonyl (C=O) groups is 1. The number of hydrogen-bond acceptors (Lipinski definition) is 3. The molecule has 1 aliphatic heterocycles. The lowest BCUT2D eigenvalue weighted by Gasteiger charge is -2.35. The summed E-state index contributed by atoms with van der Waals surface area (Å²) in [6.45, 7) is 0.601. The van der Waals surface area contributed by atoms with Crippen molar-refractivity contribution in [3.63, 3.8) is 0 Å². The second-order valence-corrected chi connectivity index (χ2v) is 4.21. The van der Waals surface area contributed by atoms with Gasteiger partial charge in [-0.3, -0.25) is 4.79 Å². The van der Waals surface area contributed by atoms with E-state index in [-0.39, 0.29) is 12.1 Å². The number of aliphatic hydroxyl groups excluding tert-OH is 1. The summed E-state index contributed by atoms with van der Waals surface area (Å²) in [5, 5.41) is 9.65. The van der Waals surface area contributed by atoms with Crippen molar-refractivity contribution in [3.8, 4) is 0 Å². The van der Waals surface area contributed by atoms with E-state index in [0.29, 0.717) is 25.1 Å². The zero-order chi connectivity index (χ0) is 11.5. The quantitative estimate of drug-likeness (QED) is 0.575. The Bertz CT molecular complexity index is 381. The lowest BCUT2D eigenvalue weighted by Crippen LogP contribution is -2.37. The molecule has 4 nitrogen and oxygen atoms in total. The molecule has 0 aromatic heterocycles. The van der Waals surface area contributed by atoms with Crippen molar-refractivity contribution in [2.45, 2.75) is 25.0 Å². The lowest BCUT2D eigenvalue weighted by atomic mass is 9.93. The average Bonchev–Trinajstić information content (AvgIpc) is 2.29. The smallest absolute Gasteiger partial charge is 0.210 e. The van der Waals surface area contributed by atoms with E-state index in [1.165, 1.54) is 0 Å². The fraction of sp³-hybridized carbons (Fsp3) is 0.417. The van der Waals surface area contributed by atoms with Gasteiger partial charge in [-0.25, -0.2) is 0 Å². The minimum Gasteiger partial charge on any atom is -0.399 e. The van der Waals surface area contributed by atoms with Crippen molar-refractivity contribution in [1.29, 1.82) is 0 Å². The van der Waals surface area contributed by atoms with Crippen LogP contribution in [0.4, 0.5) is 5.69 Å². The van der Waals surface area contributed by atoms with Gasteiger partial charge < -0.3 is 15.7 Å². The molecule has 86 valence electrons. The number of amides is 1. The summed E-state index contributed by atoms with van der Waals surface area (Å²) in [6.07, 6.45) is 1.75. The van der Waals surface area contributed by atoms with E-state index < -0.39 is 0 Å². The van der Waals surface area contributed by atoms with Crippen LogP contribution in [0, 0.1) is 0 Å². The standard InChI is InChI=1S/C12H16N2O2/c13-10-3-1-2-9(6-10)12-7-11(16)4-5-14(12)8-15/h1-3,6,8,11-12,16H,4-5,7,13H2. The van der Waals surface area contributed by atoms with E-state index in [9.17, 15) is 9.90 Å². The van der Waals surface area contributed by atoms with E-state index in [4.69, 9.17) is 5.73 Å². The van der Waals surface area contributed by atoms with E-state index in [2.05, 4.69) is 0 Å². The highest BCUT2D eigenvalue weighted by Crippen LogP contribution is 2.30. The number of aliphatic hydroxyl groups is 1. The van der Waals surface area contributed by atoms with Crippen LogP contribution in [0.5, 0.6) is 0 Å². The summed E-state index contributed by atoms with van der Waals surface area (Å²) in [4.78, 5) is 12.7. The Morgan fingerprint density at radius 3 is 3.00 bits per heavy atom. The molecular weight excluding hydrogens is 204 g/mol. The van der Waals surface area contributed by atoms with Crippen molar-refractivity contribution in [1.82, 2.24) is 4.90 Å². The Balaban J connectivity index is 2.25. The SMILES string of the molecule is Nc1cccc(C2CC(O)CCN2C=O)c1. The summed E-state index contributed by atoms with van der Waals surface area (Å²) in [5.41, 5.74) is 7.39. The molecule has 1 aromatic carbocycles. The fourth-order valence-electron chi connectivity index (χ4n) is 2.18. The monoisotopic (exact) mass is 220 g/mol. The number of anilines is 1. The van der Waals surface area contributed by atoms with E-state index >= 15 is 0 Å². The van der Waals surface area contributed by atoms with Crippen molar-refractivity contribution in [3.05, 3.63) is 29.8 Å². The molecule has 1 saturated heterocycles. The zero-order valence-electron chi connectivity index (χ0n) is 9.04. The molecule has 0 spiro atoms. The first-order chi connectivity index (χ1) is 7.70. The molecule has 0 saturated carbocycles. The first-order valence-electron chi connectivity index (χ1n) is 5.45. The molecule has 16 heavy (non-hydrogen) atoms. The summed E-state index contributed by atoms with van der Waals surface area (Å²) in [5.74, 6) is 0. The van der Waals surface area contributed by atoms with Crippen LogP contribution in [-0.2, 0) is 4.79 Å². The Labute approximate surface area is 94.7 Å². The Hall–Kier alpha value is -1.55. The molecule has 1 fully saturated rings. The lowest BCUT2D eigenvalue weighted by molar-refractivity contribution is -0.123. The molecule has 1 aliphatic rings. The Morgan fingerprint density at radius 1 is 1.50 bits per heavy atom. The average molecular weight is 220 g/mol. The third kappa shape index (κ3) is 2.17. The maximum atomic E-state index is 10.9. The van der Waals surface area contributed by atoms with E-state index in [1.54, 1.807) is 4.90 Å². The molecular formula is C12H16N2O2. The van der Waals surface area contributed by atoms with Gasteiger partial charge >= 0.3 is 0 Å². The van der Waals surface area contributed by atoms with Crippen LogP contribution in [0.2, 0.25) is 0 Å². The van der Waals surface area contributed by atoms with Crippen LogP contribution < -0.4 is 5.73 Å². The number of likely N-dealkylation sites (tertiary alicyclic amines) is 1. The number of hydrogen-bond donors (Lipinski definition) is 2. The highest BCUT2D eigenvalue weighted by Gasteiger charge is 2.27. The maximum absolute atomic E-state index is 10.9. The normalized spacial score (nSPS) is 25.4. The number of carbonyl (C=O) groups excluding carboxylic acids is 1. The van der Waals surface area contributed by atoms with E-state index in [0.717, 1.165) is 12.0 Å². The summed E-state index contributed by atoms with van der Waals surface area (Å²) in [6, 6.07) is 7.43. The predicted molar refractivity (Wildman–Crippen MR) is 61.6 cm³/mol. The molecule has 1 aromatic rings. The first kappa shape index (κ1) is 11.0.